The van der Waals surface area contributed by atoms with Crippen LogP contribution in [0.15, 0.2) is 0 Å². The zero-order chi connectivity index (χ0) is 11.1. The minimum atomic E-state index is -2.59. The van der Waals surface area contributed by atoms with E-state index in [0.717, 1.165) is 4.90 Å². The lowest BCUT2D eigenvalue weighted by Crippen LogP contribution is -2.40. The predicted molar refractivity (Wildman–Crippen MR) is 49.6 cm³/mol. The number of rotatable bonds is 6. The summed E-state index contributed by atoms with van der Waals surface area (Å²) in [6.45, 7) is 0.504. The van der Waals surface area contributed by atoms with Gasteiger partial charge in [-0.25, -0.2) is 8.78 Å². The summed E-state index contributed by atoms with van der Waals surface area (Å²) in [5.74, 6) is -0.861. The summed E-state index contributed by atoms with van der Waals surface area (Å²) >= 11 is 5.43. The Kier molecular flexibility index (Phi) is 6.74. The van der Waals surface area contributed by atoms with Gasteiger partial charge in [0.25, 0.3) is 6.43 Å². The van der Waals surface area contributed by atoms with Gasteiger partial charge in [0.05, 0.1) is 13.2 Å². The van der Waals surface area contributed by atoms with Crippen molar-refractivity contribution in [2.45, 2.75) is 13.3 Å². The van der Waals surface area contributed by atoms with Gasteiger partial charge in [0.2, 0.25) is 5.91 Å². The van der Waals surface area contributed by atoms with Crippen LogP contribution in [0, 0.1) is 5.92 Å². The number of carbonyl (C=O) groups excluding carboxylic acids is 1. The molecule has 0 saturated heterocycles. The highest BCUT2D eigenvalue weighted by Gasteiger charge is 2.21. The predicted octanol–water partition coefficient (Wildman–Crippen LogP) is 0.947. The molecule has 14 heavy (non-hydrogen) atoms. The Morgan fingerprint density at radius 2 is 2.14 bits per heavy atom. The number of alkyl halides is 3. The second kappa shape index (κ2) is 6.95. The number of hydrogen-bond donors (Lipinski definition) is 1. The second-order valence-corrected chi connectivity index (χ2v) is 3.26. The van der Waals surface area contributed by atoms with Gasteiger partial charge < -0.3 is 10.0 Å². The number of nitrogens with zero attached hydrogens (tertiary/aromatic N) is 1. The number of carbonyl (C=O) groups is 1. The molecule has 0 aromatic rings. The van der Waals surface area contributed by atoms with Crippen LogP contribution in [0.2, 0.25) is 0 Å². The first-order valence-electron chi connectivity index (χ1n) is 4.26. The van der Waals surface area contributed by atoms with Gasteiger partial charge >= 0.3 is 0 Å². The summed E-state index contributed by atoms with van der Waals surface area (Å²) in [5.41, 5.74) is 0. The normalized spacial score (nSPS) is 13.0. The van der Waals surface area contributed by atoms with Gasteiger partial charge in [0.15, 0.2) is 0 Å². The van der Waals surface area contributed by atoms with Crippen LogP contribution in [0.1, 0.15) is 6.92 Å². The standard InChI is InChI=1S/C8H14ClF2NO2/c1-6(4-9)8(14)12(2-3-13)5-7(10)11/h6-7,13H,2-5H2,1H3. The van der Waals surface area contributed by atoms with Crippen molar-refractivity contribution in [1.29, 1.82) is 0 Å². The third kappa shape index (κ3) is 4.72. The van der Waals surface area contributed by atoms with E-state index in [1.807, 2.05) is 0 Å². The highest BCUT2D eigenvalue weighted by molar-refractivity contribution is 6.19. The van der Waals surface area contributed by atoms with Crippen LogP contribution < -0.4 is 0 Å². The van der Waals surface area contributed by atoms with Crippen LogP contribution in [-0.4, -0.2) is 47.9 Å². The quantitative estimate of drug-likeness (QED) is 0.689. The van der Waals surface area contributed by atoms with Gasteiger partial charge in [-0.15, -0.1) is 11.6 Å². The lowest BCUT2D eigenvalue weighted by Gasteiger charge is -2.23. The fourth-order valence-corrected chi connectivity index (χ4v) is 1.09. The van der Waals surface area contributed by atoms with Crippen LogP contribution >= 0.6 is 11.6 Å². The van der Waals surface area contributed by atoms with Gasteiger partial charge in [-0.05, 0) is 0 Å². The van der Waals surface area contributed by atoms with Gasteiger partial charge in [0.1, 0.15) is 0 Å². The fraction of sp³-hybridized carbons (Fsp3) is 0.875. The minimum Gasteiger partial charge on any atom is -0.395 e. The van der Waals surface area contributed by atoms with Crippen LogP contribution in [0.3, 0.4) is 0 Å². The minimum absolute atomic E-state index is 0.0790. The molecule has 1 unspecified atom stereocenters. The number of aliphatic hydroxyl groups excluding tert-OH is 1. The lowest BCUT2D eigenvalue weighted by atomic mass is 10.2. The van der Waals surface area contributed by atoms with Gasteiger partial charge in [0, 0.05) is 18.3 Å². The summed E-state index contributed by atoms with van der Waals surface area (Å²) < 4.78 is 24.1. The van der Waals surface area contributed by atoms with E-state index in [1.165, 1.54) is 0 Å². The maximum absolute atomic E-state index is 12.0. The molecule has 0 aliphatic rings. The van der Waals surface area contributed by atoms with Crippen molar-refractivity contribution < 1.29 is 18.7 Å². The van der Waals surface area contributed by atoms with E-state index in [-0.39, 0.29) is 19.0 Å². The first kappa shape index (κ1) is 13.6. The Balaban J connectivity index is 4.24. The third-order valence-electron chi connectivity index (χ3n) is 1.69. The van der Waals surface area contributed by atoms with E-state index in [4.69, 9.17) is 16.7 Å². The van der Waals surface area contributed by atoms with Crippen LogP contribution in [0.5, 0.6) is 0 Å². The molecule has 6 heteroatoms. The molecule has 84 valence electrons. The van der Waals surface area contributed by atoms with E-state index in [1.54, 1.807) is 6.92 Å². The highest BCUT2D eigenvalue weighted by atomic mass is 35.5. The van der Waals surface area contributed by atoms with E-state index in [9.17, 15) is 13.6 Å². The maximum atomic E-state index is 12.0. The molecule has 0 aliphatic heterocycles. The third-order valence-corrected chi connectivity index (χ3v) is 2.16. The summed E-state index contributed by atoms with van der Waals surface area (Å²) in [5, 5.41) is 8.58. The van der Waals surface area contributed by atoms with E-state index in [0.29, 0.717) is 0 Å². The number of amides is 1. The summed E-state index contributed by atoms with van der Waals surface area (Å²) in [4.78, 5) is 12.3. The average Bonchev–Trinajstić information content (AvgIpc) is 2.14. The Hall–Kier alpha value is -0.420. The molecule has 0 aromatic heterocycles. The Morgan fingerprint density at radius 1 is 1.57 bits per heavy atom. The van der Waals surface area contributed by atoms with Crippen molar-refractivity contribution in [2.75, 3.05) is 25.6 Å². The van der Waals surface area contributed by atoms with Crippen molar-refractivity contribution in [2.24, 2.45) is 5.92 Å². The molecule has 0 heterocycles. The SMILES string of the molecule is CC(CCl)C(=O)N(CCO)CC(F)F. The van der Waals surface area contributed by atoms with E-state index < -0.39 is 24.8 Å². The molecular weight excluding hydrogens is 216 g/mol. The molecule has 3 nitrogen and oxygen atoms in total. The highest BCUT2D eigenvalue weighted by Crippen LogP contribution is 2.07. The Labute approximate surface area is 86.6 Å². The van der Waals surface area contributed by atoms with Crippen molar-refractivity contribution >= 4 is 17.5 Å². The number of hydrogen-bond acceptors (Lipinski definition) is 2. The monoisotopic (exact) mass is 229 g/mol. The number of halogens is 3. The zero-order valence-electron chi connectivity index (χ0n) is 7.92. The molecule has 0 saturated carbocycles. The molecule has 0 aliphatic carbocycles. The van der Waals surface area contributed by atoms with Crippen LogP contribution in [0.25, 0.3) is 0 Å². The molecule has 0 rings (SSSR count). The molecule has 0 bridgehead atoms. The summed E-state index contributed by atoms with van der Waals surface area (Å²) in [7, 11) is 0. The molecule has 0 radical (unpaired) electrons. The topological polar surface area (TPSA) is 40.5 Å². The zero-order valence-corrected chi connectivity index (χ0v) is 8.68. The number of aliphatic hydroxyl groups is 1. The van der Waals surface area contributed by atoms with Crippen LogP contribution in [-0.2, 0) is 4.79 Å². The first-order chi connectivity index (χ1) is 6.52. The molecule has 0 aromatic carbocycles. The molecular formula is C8H14ClF2NO2. The second-order valence-electron chi connectivity index (χ2n) is 2.95. The van der Waals surface area contributed by atoms with Gasteiger partial charge in [-0.1, -0.05) is 6.92 Å². The Bertz CT molecular complexity index is 181. The van der Waals surface area contributed by atoms with Gasteiger partial charge in [-0.2, -0.15) is 0 Å². The largest absolute Gasteiger partial charge is 0.395 e. The fourth-order valence-electron chi connectivity index (χ4n) is 0.956. The summed E-state index contributed by atoms with van der Waals surface area (Å²) in [6, 6.07) is 0. The lowest BCUT2D eigenvalue weighted by molar-refractivity contribution is -0.136. The molecule has 1 amide bonds. The van der Waals surface area contributed by atoms with Crippen molar-refractivity contribution in [1.82, 2.24) is 4.90 Å². The van der Waals surface area contributed by atoms with Crippen molar-refractivity contribution in [3.63, 3.8) is 0 Å². The first-order valence-corrected chi connectivity index (χ1v) is 4.80. The molecule has 0 fully saturated rings. The Morgan fingerprint density at radius 3 is 2.50 bits per heavy atom. The molecule has 1 N–H and O–H groups in total. The van der Waals surface area contributed by atoms with Crippen molar-refractivity contribution in [3.8, 4) is 0 Å². The van der Waals surface area contributed by atoms with E-state index >= 15 is 0 Å². The molecule has 1 atom stereocenters. The average molecular weight is 230 g/mol. The maximum Gasteiger partial charge on any atom is 0.255 e. The van der Waals surface area contributed by atoms with Crippen LogP contribution in [0.4, 0.5) is 8.78 Å². The smallest absolute Gasteiger partial charge is 0.255 e. The molecule has 0 spiro atoms. The van der Waals surface area contributed by atoms with E-state index in [2.05, 4.69) is 0 Å². The summed E-state index contributed by atoms with van der Waals surface area (Å²) in [6.07, 6.45) is -2.59. The van der Waals surface area contributed by atoms with Gasteiger partial charge in [-0.3, -0.25) is 4.79 Å². The van der Waals surface area contributed by atoms with Crippen molar-refractivity contribution in [3.05, 3.63) is 0 Å².